The van der Waals surface area contributed by atoms with Crippen LogP contribution in [0, 0.1) is 0 Å². The fraction of sp³-hybridized carbons (Fsp3) is 0.312. The van der Waals surface area contributed by atoms with E-state index in [1.165, 1.54) is 21.1 Å². The van der Waals surface area contributed by atoms with E-state index in [0.717, 1.165) is 0 Å². The molecule has 2 rings (SSSR count). The number of carboxylic acids is 1. The Hall–Kier alpha value is -1.83. The lowest BCUT2D eigenvalue weighted by molar-refractivity contribution is 0.0685. The first-order chi connectivity index (χ1) is 11.3. The van der Waals surface area contributed by atoms with E-state index in [1.807, 2.05) is 0 Å². The summed E-state index contributed by atoms with van der Waals surface area (Å²) in [7, 11) is -3.82. The zero-order valence-electron chi connectivity index (χ0n) is 13.4. The van der Waals surface area contributed by atoms with Crippen molar-refractivity contribution in [3.05, 3.63) is 52.8 Å². The van der Waals surface area contributed by atoms with Gasteiger partial charge in [-0.2, -0.15) is 4.31 Å². The van der Waals surface area contributed by atoms with E-state index in [4.69, 9.17) is 11.6 Å². The number of aromatic carboxylic acids is 1. The molecule has 1 aromatic heterocycles. The quantitative estimate of drug-likeness (QED) is 0.812. The van der Waals surface area contributed by atoms with E-state index in [2.05, 4.69) is 0 Å². The molecule has 0 aliphatic carbocycles. The SMILES string of the molecule is CCN(Cc1ccccc1Cl)S(=O)(=O)c1cc(C(=O)O)n(CC)c1. The molecule has 6 nitrogen and oxygen atoms in total. The summed E-state index contributed by atoms with van der Waals surface area (Å²) < 4.78 is 28.4. The third-order valence-corrected chi connectivity index (χ3v) is 5.98. The third kappa shape index (κ3) is 3.63. The lowest BCUT2D eigenvalue weighted by Crippen LogP contribution is -2.30. The van der Waals surface area contributed by atoms with E-state index in [-0.39, 0.29) is 23.7 Å². The topological polar surface area (TPSA) is 79.6 Å². The van der Waals surface area contributed by atoms with Gasteiger partial charge in [-0.3, -0.25) is 0 Å². The van der Waals surface area contributed by atoms with Gasteiger partial charge in [-0.15, -0.1) is 0 Å². The van der Waals surface area contributed by atoms with Gasteiger partial charge in [0.25, 0.3) is 0 Å². The molecule has 0 spiro atoms. The Kier molecular flexibility index (Phi) is 5.69. The van der Waals surface area contributed by atoms with Crippen LogP contribution in [-0.4, -0.2) is 34.9 Å². The lowest BCUT2D eigenvalue weighted by atomic mass is 10.2. The lowest BCUT2D eigenvalue weighted by Gasteiger charge is -2.20. The Morgan fingerprint density at radius 3 is 2.46 bits per heavy atom. The molecule has 0 bridgehead atoms. The Morgan fingerprint density at radius 1 is 1.29 bits per heavy atom. The summed E-state index contributed by atoms with van der Waals surface area (Å²) in [5.41, 5.74) is 0.642. The van der Waals surface area contributed by atoms with Crippen molar-refractivity contribution in [3.63, 3.8) is 0 Å². The Balaban J connectivity index is 2.40. The summed E-state index contributed by atoms with van der Waals surface area (Å²) in [4.78, 5) is 11.2. The maximum Gasteiger partial charge on any atom is 0.352 e. The number of hydrogen-bond donors (Lipinski definition) is 1. The average molecular weight is 371 g/mol. The normalized spacial score (nSPS) is 11.8. The highest BCUT2D eigenvalue weighted by Crippen LogP contribution is 2.23. The third-order valence-electron chi connectivity index (χ3n) is 3.73. The minimum Gasteiger partial charge on any atom is -0.477 e. The smallest absolute Gasteiger partial charge is 0.352 e. The molecular formula is C16H19ClN2O4S. The number of benzene rings is 1. The molecule has 130 valence electrons. The van der Waals surface area contributed by atoms with Gasteiger partial charge in [0.15, 0.2) is 0 Å². The van der Waals surface area contributed by atoms with Gasteiger partial charge in [-0.25, -0.2) is 13.2 Å². The number of aryl methyl sites for hydroxylation is 1. The first-order valence-corrected chi connectivity index (χ1v) is 9.30. The summed E-state index contributed by atoms with van der Waals surface area (Å²) in [6.07, 6.45) is 1.36. The molecule has 0 aliphatic rings. The van der Waals surface area contributed by atoms with E-state index >= 15 is 0 Å². The molecule has 1 heterocycles. The number of carbonyl (C=O) groups is 1. The highest BCUT2D eigenvalue weighted by atomic mass is 35.5. The van der Waals surface area contributed by atoms with Crippen LogP contribution >= 0.6 is 11.6 Å². The summed E-state index contributed by atoms with van der Waals surface area (Å²) in [6, 6.07) is 8.22. The summed E-state index contributed by atoms with van der Waals surface area (Å²) in [5, 5.41) is 9.69. The fourth-order valence-electron chi connectivity index (χ4n) is 2.40. The van der Waals surface area contributed by atoms with Crippen molar-refractivity contribution in [1.82, 2.24) is 8.87 Å². The van der Waals surface area contributed by atoms with Crippen molar-refractivity contribution in [2.45, 2.75) is 31.8 Å². The number of halogens is 1. The predicted octanol–water partition coefficient (Wildman–Crippen LogP) is 3.07. The fourth-order valence-corrected chi connectivity index (χ4v) is 4.06. The van der Waals surface area contributed by atoms with Crippen molar-refractivity contribution >= 4 is 27.6 Å². The van der Waals surface area contributed by atoms with Crippen LogP contribution in [0.25, 0.3) is 0 Å². The van der Waals surface area contributed by atoms with Gasteiger partial charge in [-0.1, -0.05) is 36.7 Å². The number of sulfonamides is 1. The molecule has 0 atom stereocenters. The number of rotatable bonds is 7. The Morgan fingerprint density at radius 2 is 1.96 bits per heavy atom. The van der Waals surface area contributed by atoms with E-state index < -0.39 is 16.0 Å². The number of nitrogens with zero attached hydrogens (tertiary/aromatic N) is 2. The van der Waals surface area contributed by atoms with Crippen LogP contribution in [0.5, 0.6) is 0 Å². The Bertz CT molecular complexity index is 846. The second-order valence-corrected chi connectivity index (χ2v) is 7.52. The predicted molar refractivity (Wildman–Crippen MR) is 91.8 cm³/mol. The van der Waals surface area contributed by atoms with Gasteiger partial charge >= 0.3 is 5.97 Å². The average Bonchev–Trinajstić information content (AvgIpc) is 2.99. The molecule has 0 aliphatic heterocycles. The zero-order chi connectivity index (χ0) is 17.9. The second-order valence-electron chi connectivity index (χ2n) is 5.17. The maximum absolute atomic E-state index is 12.9. The van der Waals surface area contributed by atoms with Gasteiger partial charge < -0.3 is 9.67 Å². The molecular weight excluding hydrogens is 352 g/mol. The molecule has 8 heteroatoms. The van der Waals surface area contributed by atoms with Crippen molar-refractivity contribution in [1.29, 1.82) is 0 Å². The van der Waals surface area contributed by atoms with Crippen molar-refractivity contribution in [2.24, 2.45) is 0 Å². The molecule has 1 N–H and O–H groups in total. The number of hydrogen-bond acceptors (Lipinski definition) is 3. The first-order valence-electron chi connectivity index (χ1n) is 7.48. The van der Waals surface area contributed by atoms with Crippen molar-refractivity contribution in [3.8, 4) is 0 Å². The number of aromatic nitrogens is 1. The molecule has 0 fully saturated rings. The van der Waals surface area contributed by atoms with Gasteiger partial charge in [0.1, 0.15) is 10.6 Å². The highest BCUT2D eigenvalue weighted by molar-refractivity contribution is 7.89. The van der Waals surface area contributed by atoms with E-state index in [0.29, 0.717) is 17.1 Å². The van der Waals surface area contributed by atoms with Gasteiger partial charge in [-0.05, 0) is 24.6 Å². The van der Waals surface area contributed by atoms with Crippen LogP contribution in [-0.2, 0) is 23.1 Å². The molecule has 0 radical (unpaired) electrons. The van der Waals surface area contributed by atoms with Gasteiger partial charge in [0.05, 0.1) is 0 Å². The van der Waals surface area contributed by atoms with Crippen LogP contribution in [0.15, 0.2) is 41.4 Å². The first kappa shape index (κ1) is 18.5. The van der Waals surface area contributed by atoms with Crippen LogP contribution in [0.4, 0.5) is 0 Å². The monoisotopic (exact) mass is 370 g/mol. The van der Waals surface area contributed by atoms with Crippen LogP contribution in [0.3, 0.4) is 0 Å². The van der Waals surface area contributed by atoms with E-state index in [9.17, 15) is 18.3 Å². The molecule has 24 heavy (non-hydrogen) atoms. The highest BCUT2D eigenvalue weighted by Gasteiger charge is 2.27. The summed E-state index contributed by atoms with van der Waals surface area (Å²) >= 11 is 6.11. The molecule has 2 aromatic rings. The van der Waals surface area contributed by atoms with Crippen LogP contribution < -0.4 is 0 Å². The summed E-state index contributed by atoms with van der Waals surface area (Å²) in [6.45, 7) is 4.22. The second kappa shape index (κ2) is 7.38. The standard InChI is InChI=1S/C16H19ClN2O4S/c1-3-18-11-13(9-15(18)16(20)21)24(22,23)19(4-2)10-12-7-5-6-8-14(12)17/h5-9,11H,3-4,10H2,1-2H3,(H,20,21). The minimum absolute atomic E-state index is 0.0318. The van der Waals surface area contributed by atoms with Crippen LogP contribution in [0.1, 0.15) is 29.9 Å². The number of carboxylic acid groups (broad SMARTS) is 1. The Labute approximate surface area is 146 Å². The van der Waals surface area contributed by atoms with Crippen molar-refractivity contribution < 1.29 is 18.3 Å². The van der Waals surface area contributed by atoms with Gasteiger partial charge in [0.2, 0.25) is 10.0 Å². The minimum atomic E-state index is -3.82. The molecule has 0 saturated heterocycles. The van der Waals surface area contributed by atoms with Crippen LogP contribution in [0.2, 0.25) is 5.02 Å². The zero-order valence-corrected chi connectivity index (χ0v) is 15.0. The molecule has 1 aromatic carbocycles. The van der Waals surface area contributed by atoms with Crippen molar-refractivity contribution in [2.75, 3.05) is 6.54 Å². The molecule has 0 amide bonds. The summed E-state index contributed by atoms with van der Waals surface area (Å²) in [5.74, 6) is -1.16. The molecule has 0 saturated carbocycles. The largest absolute Gasteiger partial charge is 0.477 e. The molecule has 0 unspecified atom stereocenters. The van der Waals surface area contributed by atoms with E-state index in [1.54, 1.807) is 38.1 Å². The van der Waals surface area contributed by atoms with Gasteiger partial charge in [0, 0.05) is 30.9 Å². The maximum atomic E-state index is 12.9.